The fraction of sp³-hybridized carbons (Fsp3) is 0.0667. The number of hydrogen-bond acceptors (Lipinski definition) is 4. The number of hydrogen-bond donors (Lipinski definition) is 2. The zero-order chi connectivity index (χ0) is 13.7. The second-order valence-electron chi connectivity index (χ2n) is 4.56. The molecule has 0 saturated carbocycles. The molecule has 0 aliphatic heterocycles. The zero-order valence-electron chi connectivity index (χ0n) is 10.1. The molecule has 0 radical (unpaired) electrons. The van der Waals surface area contributed by atoms with Crippen LogP contribution in [-0.2, 0) is 0 Å². The molecule has 0 spiro atoms. The Bertz CT molecular complexity index is 744. The molecule has 1 aliphatic rings. The molecule has 0 atom stereocenters. The van der Waals surface area contributed by atoms with Crippen LogP contribution in [0.15, 0.2) is 30.3 Å². The minimum Gasteiger partial charge on any atom is -0.507 e. The van der Waals surface area contributed by atoms with Gasteiger partial charge in [-0.15, -0.1) is 0 Å². The van der Waals surface area contributed by atoms with E-state index in [0.717, 1.165) is 0 Å². The van der Waals surface area contributed by atoms with E-state index in [-0.39, 0.29) is 33.8 Å². The Balaban J connectivity index is 2.40. The number of aromatic hydroxyl groups is 2. The van der Waals surface area contributed by atoms with Crippen LogP contribution in [0.3, 0.4) is 0 Å². The maximum Gasteiger partial charge on any atom is 0.198 e. The predicted octanol–water partition coefficient (Wildman–Crippen LogP) is 2.18. The topological polar surface area (TPSA) is 74.6 Å². The summed E-state index contributed by atoms with van der Waals surface area (Å²) in [5.74, 6) is -1.32. The number of ketones is 2. The summed E-state index contributed by atoms with van der Waals surface area (Å²) in [6.45, 7) is 1.72. The first-order chi connectivity index (χ1) is 9.00. The summed E-state index contributed by atoms with van der Waals surface area (Å²) in [7, 11) is 0. The van der Waals surface area contributed by atoms with Crippen LogP contribution >= 0.6 is 0 Å². The van der Waals surface area contributed by atoms with Gasteiger partial charge in [-0.1, -0.05) is 12.1 Å². The standard InChI is InChI=1S/C15H10O4/c1-7-5-9-13(11(17)6-7)14(18)8-3-2-4-10(16)12(8)15(9)19/h2-6,16-17H,1H3. The van der Waals surface area contributed by atoms with Gasteiger partial charge in [0.25, 0.3) is 0 Å². The van der Waals surface area contributed by atoms with Crippen LogP contribution in [0.5, 0.6) is 11.5 Å². The zero-order valence-corrected chi connectivity index (χ0v) is 10.1. The van der Waals surface area contributed by atoms with Crippen LogP contribution in [-0.4, -0.2) is 21.8 Å². The SMILES string of the molecule is Cc1cc(O)c2c(c1)C(=O)c1c(O)cccc1C2=O. The molecule has 0 amide bonds. The van der Waals surface area contributed by atoms with Crippen molar-refractivity contribution >= 4 is 11.6 Å². The largest absolute Gasteiger partial charge is 0.507 e. The summed E-state index contributed by atoms with van der Waals surface area (Å²) in [5, 5.41) is 19.7. The molecule has 2 N–H and O–H groups in total. The molecule has 94 valence electrons. The molecule has 4 nitrogen and oxygen atoms in total. The fourth-order valence-corrected chi connectivity index (χ4v) is 2.42. The Kier molecular flexibility index (Phi) is 2.22. The molecule has 19 heavy (non-hydrogen) atoms. The molecule has 0 fully saturated rings. The van der Waals surface area contributed by atoms with E-state index in [2.05, 4.69) is 0 Å². The van der Waals surface area contributed by atoms with Crippen LogP contribution in [0.1, 0.15) is 37.4 Å². The Labute approximate surface area is 108 Å². The Morgan fingerprint density at radius 3 is 2.21 bits per heavy atom. The summed E-state index contributed by atoms with van der Waals surface area (Å²) in [6, 6.07) is 7.32. The monoisotopic (exact) mass is 254 g/mol. The third-order valence-electron chi connectivity index (χ3n) is 3.25. The van der Waals surface area contributed by atoms with Crippen molar-refractivity contribution in [3.63, 3.8) is 0 Å². The van der Waals surface area contributed by atoms with Crippen LogP contribution in [0.4, 0.5) is 0 Å². The Morgan fingerprint density at radius 2 is 1.47 bits per heavy atom. The molecule has 2 aromatic rings. The van der Waals surface area contributed by atoms with E-state index in [9.17, 15) is 19.8 Å². The molecule has 0 heterocycles. The van der Waals surface area contributed by atoms with Crippen molar-refractivity contribution in [1.29, 1.82) is 0 Å². The third-order valence-corrected chi connectivity index (χ3v) is 3.25. The number of rotatable bonds is 0. The lowest BCUT2D eigenvalue weighted by Gasteiger charge is -2.19. The highest BCUT2D eigenvalue weighted by Crippen LogP contribution is 2.36. The highest BCUT2D eigenvalue weighted by atomic mass is 16.3. The molecule has 0 saturated heterocycles. The third kappa shape index (κ3) is 1.46. The fourth-order valence-electron chi connectivity index (χ4n) is 2.42. The van der Waals surface area contributed by atoms with Gasteiger partial charge in [0.2, 0.25) is 0 Å². The second-order valence-corrected chi connectivity index (χ2v) is 4.56. The van der Waals surface area contributed by atoms with Gasteiger partial charge < -0.3 is 10.2 Å². The van der Waals surface area contributed by atoms with Crippen molar-refractivity contribution in [2.24, 2.45) is 0 Å². The molecule has 1 aliphatic carbocycles. The van der Waals surface area contributed by atoms with E-state index < -0.39 is 11.6 Å². The van der Waals surface area contributed by atoms with Gasteiger partial charge >= 0.3 is 0 Å². The number of phenolic OH excluding ortho intramolecular Hbond substituents is 2. The minimum absolute atomic E-state index is 0.00463. The van der Waals surface area contributed by atoms with Crippen LogP contribution in [0.25, 0.3) is 0 Å². The normalized spacial score (nSPS) is 13.1. The van der Waals surface area contributed by atoms with Gasteiger partial charge in [-0.05, 0) is 30.7 Å². The van der Waals surface area contributed by atoms with Crippen molar-refractivity contribution in [3.8, 4) is 11.5 Å². The number of aryl methyl sites for hydroxylation is 1. The number of carbonyl (C=O) groups is 2. The van der Waals surface area contributed by atoms with Gasteiger partial charge in [-0.3, -0.25) is 9.59 Å². The Hall–Kier alpha value is -2.62. The second kappa shape index (κ2) is 3.68. The number of fused-ring (bicyclic) bond motifs is 2. The minimum atomic E-state index is -0.446. The van der Waals surface area contributed by atoms with Gasteiger partial charge in [0.1, 0.15) is 11.5 Å². The maximum absolute atomic E-state index is 12.4. The number of phenols is 2. The van der Waals surface area contributed by atoms with Crippen molar-refractivity contribution in [2.45, 2.75) is 6.92 Å². The van der Waals surface area contributed by atoms with Crippen LogP contribution in [0.2, 0.25) is 0 Å². The van der Waals surface area contributed by atoms with Crippen molar-refractivity contribution in [1.82, 2.24) is 0 Å². The van der Waals surface area contributed by atoms with Gasteiger partial charge in [-0.25, -0.2) is 0 Å². The average Bonchev–Trinajstić information content (AvgIpc) is 2.35. The first-order valence-corrected chi connectivity index (χ1v) is 5.75. The van der Waals surface area contributed by atoms with E-state index in [1.807, 2.05) is 0 Å². The smallest absolute Gasteiger partial charge is 0.198 e. The van der Waals surface area contributed by atoms with E-state index in [0.29, 0.717) is 5.56 Å². The van der Waals surface area contributed by atoms with E-state index in [1.165, 1.54) is 24.3 Å². The predicted molar refractivity (Wildman–Crippen MR) is 67.8 cm³/mol. The molecule has 0 unspecified atom stereocenters. The highest BCUT2D eigenvalue weighted by molar-refractivity contribution is 6.30. The maximum atomic E-state index is 12.4. The summed E-state index contributed by atoms with van der Waals surface area (Å²) in [6.07, 6.45) is 0. The lowest BCUT2D eigenvalue weighted by atomic mass is 9.82. The van der Waals surface area contributed by atoms with Crippen molar-refractivity contribution in [3.05, 3.63) is 58.1 Å². The first-order valence-electron chi connectivity index (χ1n) is 5.75. The van der Waals surface area contributed by atoms with E-state index in [1.54, 1.807) is 13.0 Å². The van der Waals surface area contributed by atoms with Gasteiger partial charge in [0.05, 0.1) is 11.1 Å². The average molecular weight is 254 g/mol. The van der Waals surface area contributed by atoms with E-state index in [4.69, 9.17) is 0 Å². The molecule has 4 heteroatoms. The molecule has 2 aromatic carbocycles. The molecule has 3 rings (SSSR count). The Morgan fingerprint density at radius 1 is 0.842 bits per heavy atom. The molecule has 0 aromatic heterocycles. The lowest BCUT2D eigenvalue weighted by Crippen LogP contribution is -2.21. The highest BCUT2D eigenvalue weighted by Gasteiger charge is 2.33. The number of carbonyl (C=O) groups excluding carboxylic acids is 2. The van der Waals surface area contributed by atoms with Gasteiger partial charge in [0.15, 0.2) is 11.6 Å². The van der Waals surface area contributed by atoms with Gasteiger partial charge in [0, 0.05) is 11.1 Å². The molecular weight excluding hydrogens is 244 g/mol. The lowest BCUT2D eigenvalue weighted by molar-refractivity contribution is 0.0974. The van der Waals surface area contributed by atoms with Crippen LogP contribution in [0, 0.1) is 6.92 Å². The quantitative estimate of drug-likeness (QED) is 0.644. The summed E-state index contributed by atoms with van der Waals surface area (Å²) >= 11 is 0. The molecular formula is C15H10O4. The van der Waals surface area contributed by atoms with E-state index >= 15 is 0 Å². The summed E-state index contributed by atoms with van der Waals surface area (Å²) in [5.41, 5.74) is 0.947. The first kappa shape index (κ1) is 11.5. The number of benzene rings is 2. The van der Waals surface area contributed by atoms with Crippen LogP contribution < -0.4 is 0 Å². The molecule has 0 bridgehead atoms. The summed E-state index contributed by atoms with van der Waals surface area (Å²) < 4.78 is 0. The van der Waals surface area contributed by atoms with Crippen molar-refractivity contribution < 1.29 is 19.8 Å². The van der Waals surface area contributed by atoms with Gasteiger partial charge in [-0.2, -0.15) is 0 Å². The van der Waals surface area contributed by atoms with Crippen molar-refractivity contribution in [2.75, 3.05) is 0 Å². The summed E-state index contributed by atoms with van der Waals surface area (Å²) in [4.78, 5) is 24.7.